The molecular formula is C19H21N3O5. The molecule has 3 rings (SSSR count). The number of amides is 1. The van der Waals surface area contributed by atoms with Crippen molar-refractivity contribution in [2.24, 2.45) is 11.7 Å². The van der Waals surface area contributed by atoms with Crippen LogP contribution in [0.25, 0.3) is 0 Å². The van der Waals surface area contributed by atoms with Gasteiger partial charge < -0.3 is 20.5 Å². The summed E-state index contributed by atoms with van der Waals surface area (Å²) in [5.74, 6) is 1.30. The van der Waals surface area contributed by atoms with Crippen molar-refractivity contribution < 1.29 is 19.2 Å². The van der Waals surface area contributed by atoms with Gasteiger partial charge in [-0.15, -0.1) is 0 Å². The molecule has 1 aliphatic carbocycles. The van der Waals surface area contributed by atoms with Crippen LogP contribution in [0.3, 0.4) is 0 Å². The number of hydrogen-bond donors (Lipinski definition) is 2. The van der Waals surface area contributed by atoms with Crippen LogP contribution in [-0.2, 0) is 0 Å². The Kier molecular flexibility index (Phi) is 5.56. The van der Waals surface area contributed by atoms with Crippen LogP contribution in [0.5, 0.6) is 17.2 Å². The fraction of sp³-hybridized carbons (Fsp3) is 0.316. The Morgan fingerprint density at radius 3 is 2.48 bits per heavy atom. The number of nitrogens with zero attached hydrogens (tertiary/aromatic N) is 1. The van der Waals surface area contributed by atoms with E-state index < -0.39 is 10.8 Å². The second-order valence-electron chi connectivity index (χ2n) is 6.37. The summed E-state index contributed by atoms with van der Waals surface area (Å²) in [6.45, 7) is 0.319. The van der Waals surface area contributed by atoms with Crippen molar-refractivity contribution in [1.29, 1.82) is 0 Å². The number of benzene rings is 2. The maximum atomic E-state index is 12.7. The molecular weight excluding hydrogens is 350 g/mol. The average Bonchev–Trinajstić information content (AvgIpc) is 3.51. The second kappa shape index (κ2) is 8.05. The standard InChI is InChI=1S/C19H21N3O5/c1-26-14-5-7-15(8-6-14)27-18-9-4-13(22(24)25)10-16(18)19(23)21-17(11-20)12-2-3-12/h4-10,12,17H,2-3,11,20H2,1H3,(H,21,23). The summed E-state index contributed by atoms with van der Waals surface area (Å²) < 4.78 is 10.9. The van der Waals surface area contributed by atoms with Crippen molar-refractivity contribution in [1.82, 2.24) is 5.32 Å². The number of carbonyl (C=O) groups excluding carboxylic acids is 1. The topological polar surface area (TPSA) is 117 Å². The predicted octanol–water partition coefficient (Wildman–Crippen LogP) is 2.86. The molecule has 1 aliphatic rings. The largest absolute Gasteiger partial charge is 0.497 e. The van der Waals surface area contributed by atoms with Crippen LogP contribution in [0.2, 0.25) is 0 Å². The first-order valence-electron chi connectivity index (χ1n) is 8.63. The zero-order valence-electron chi connectivity index (χ0n) is 14.9. The van der Waals surface area contributed by atoms with Gasteiger partial charge in [0.15, 0.2) is 0 Å². The summed E-state index contributed by atoms with van der Waals surface area (Å²) in [4.78, 5) is 23.3. The first kappa shape index (κ1) is 18.7. The lowest BCUT2D eigenvalue weighted by Crippen LogP contribution is -2.41. The lowest BCUT2D eigenvalue weighted by Gasteiger charge is -2.17. The molecule has 1 unspecified atom stereocenters. The number of hydrogen-bond acceptors (Lipinski definition) is 6. The maximum absolute atomic E-state index is 12.7. The minimum atomic E-state index is -0.546. The van der Waals surface area contributed by atoms with Gasteiger partial charge in [0.2, 0.25) is 0 Å². The van der Waals surface area contributed by atoms with Crippen molar-refractivity contribution in [3.63, 3.8) is 0 Å². The number of carbonyl (C=O) groups is 1. The summed E-state index contributed by atoms with van der Waals surface area (Å²) in [6.07, 6.45) is 2.04. The fourth-order valence-corrected chi connectivity index (χ4v) is 2.78. The summed E-state index contributed by atoms with van der Waals surface area (Å²) in [5.41, 5.74) is 5.66. The highest BCUT2D eigenvalue weighted by Gasteiger charge is 2.32. The molecule has 0 radical (unpaired) electrons. The van der Waals surface area contributed by atoms with Gasteiger partial charge in [0.1, 0.15) is 17.2 Å². The van der Waals surface area contributed by atoms with E-state index >= 15 is 0 Å². The molecule has 2 aromatic carbocycles. The van der Waals surface area contributed by atoms with Crippen molar-refractivity contribution in [3.8, 4) is 17.2 Å². The molecule has 0 spiro atoms. The molecule has 1 amide bonds. The van der Waals surface area contributed by atoms with E-state index in [0.29, 0.717) is 24.0 Å². The van der Waals surface area contributed by atoms with E-state index in [9.17, 15) is 14.9 Å². The number of nitrogens with one attached hydrogen (secondary N) is 1. The minimum absolute atomic E-state index is 0.0964. The van der Waals surface area contributed by atoms with Crippen molar-refractivity contribution in [2.45, 2.75) is 18.9 Å². The molecule has 142 valence electrons. The Morgan fingerprint density at radius 1 is 1.26 bits per heavy atom. The van der Waals surface area contributed by atoms with Crippen LogP contribution < -0.4 is 20.5 Å². The Bertz CT molecular complexity index is 834. The number of nitro groups is 1. The molecule has 3 N–H and O–H groups in total. The highest BCUT2D eigenvalue weighted by atomic mass is 16.6. The smallest absolute Gasteiger partial charge is 0.270 e. The number of nitro benzene ring substituents is 1. The van der Waals surface area contributed by atoms with E-state index in [4.69, 9.17) is 15.2 Å². The third-order valence-electron chi connectivity index (χ3n) is 4.47. The number of non-ortho nitro benzene ring substituents is 1. The zero-order valence-corrected chi connectivity index (χ0v) is 14.9. The molecule has 0 aliphatic heterocycles. The number of nitrogens with two attached hydrogens (primary N) is 1. The summed E-state index contributed by atoms with van der Waals surface area (Å²) in [6, 6.07) is 10.6. The van der Waals surface area contributed by atoms with E-state index in [2.05, 4.69) is 5.32 Å². The van der Waals surface area contributed by atoms with Crippen LogP contribution in [0.1, 0.15) is 23.2 Å². The van der Waals surface area contributed by atoms with Gasteiger partial charge in [0.05, 0.1) is 17.6 Å². The molecule has 2 aromatic rings. The molecule has 0 heterocycles. The zero-order chi connectivity index (χ0) is 19.4. The molecule has 1 saturated carbocycles. The fourth-order valence-electron chi connectivity index (χ4n) is 2.78. The van der Waals surface area contributed by atoms with Gasteiger partial charge in [-0.05, 0) is 49.1 Å². The third kappa shape index (κ3) is 4.53. The van der Waals surface area contributed by atoms with Crippen molar-refractivity contribution >= 4 is 11.6 Å². The number of rotatable bonds is 8. The van der Waals surface area contributed by atoms with Gasteiger partial charge >= 0.3 is 0 Å². The van der Waals surface area contributed by atoms with E-state index in [1.54, 1.807) is 31.4 Å². The molecule has 1 fully saturated rings. The van der Waals surface area contributed by atoms with Crippen LogP contribution >= 0.6 is 0 Å². The molecule has 0 bridgehead atoms. The van der Waals surface area contributed by atoms with E-state index in [-0.39, 0.29) is 23.0 Å². The van der Waals surface area contributed by atoms with E-state index in [1.165, 1.54) is 18.2 Å². The van der Waals surface area contributed by atoms with Gasteiger partial charge in [0, 0.05) is 24.7 Å². The first-order valence-corrected chi connectivity index (χ1v) is 8.63. The van der Waals surface area contributed by atoms with Crippen LogP contribution in [0.15, 0.2) is 42.5 Å². The molecule has 27 heavy (non-hydrogen) atoms. The third-order valence-corrected chi connectivity index (χ3v) is 4.47. The summed E-state index contributed by atoms with van der Waals surface area (Å²) in [7, 11) is 1.56. The van der Waals surface area contributed by atoms with E-state index in [0.717, 1.165) is 12.8 Å². The molecule has 1 atom stereocenters. The summed E-state index contributed by atoms with van der Waals surface area (Å²) in [5, 5.41) is 14.0. The van der Waals surface area contributed by atoms with Gasteiger partial charge in [0.25, 0.3) is 11.6 Å². The first-order chi connectivity index (χ1) is 13.0. The molecule has 8 nitrogen and oxygen atoms in total. The van der Waals surface area contributed by atoms with Crippen LogP contribution in [0.4, 0.5) is 5.69 Å². The number of ether oxygens (including phenoxy) is 2. The predicted molar refractivity (Wildman–Crippen MR) is 99.2 cm³/mol. The lowest BCUT2D eigenvalue weighted by molar-refractivity contribution is -0.384. The van der Waals surface area contributed by atoms with Gasteiger partial charge in [-0.2, -0.15) is 0 Å². The number of methoxy groups -OCH3 is 1. The van der Waals surface area contributed by atoms with E-state index in [1.807, 2.05) is 0 Å². The monoisotopic (exact) mass is 371 g/mol. The molecule has 0 saturated heterocycles. The SMILES string of the molecule is COc1ccc(Oc2ccc([N+](=O)[O-])cc2C(=O)NC(CN)C2CC2)cc1. The Hall–Kier alpha value is -3.13. The Morgan fingerprint density at radius 2 is 1.93 bits per heavy atom. The van der Waals surface area contributed by atoms with Crippen LogP contribution in [0, 0.1) is 16.0 Å². The molecule has 8 heteroatoms. The van der Waals surface area contributed by atoms with Gasteiger partial charge in [-0.25, -0.2) is 0 Å². The summed E-state index contributed by atoms with van der Waals surface area (Å²) >= 11 is 0. The minimum Gasteiger partial charge on any atom is -0.497 e. The average molecular weight is 371 g/mol. The quantitative estimate of drug-likeness (QED) is 0.544. The maximum Gasteiger partial charge on any atom is 0.270 e. The highest BCUT2D eigenvalue weighted by molar-refractivity contribution is 5.98. The van der Waals surface area contributed by atoms with Crippen molar-refractivity contribution in [2.75, 3.05) is 13.7 Å². The van der Waals surface area contributed by atoms with Gasteiger partial charge in [-0.1, -0.05) is 0 Å². The second-order valence-corrected chi connectivity index (χ2v) is 6.37. The highest BCUT2D eigenvalue weighted by Crippen LogP contribution is 2.33. The van der Waals surface area contributed by atoms with Crippen LogP contribution in [-0.4, -0.2) is 30.5 Å². The normalized spacial score (nSPS) is 14.3. The Labute approximate surface area is 156 Å². The molecule has 0 aromatic heterocycles. The van der Waals surface area contributed by atoms with Crippen molar-refractivity contribution in [3.05, 3.63) is 58.1 Å². The lowest BCUT2D eigenvalue weighted by atomic mass is 10.1. The Balaban J connectivity index is 1.87. The van der Waals surface area contributed by atoms with Gasteiger partial charge in [-0.3, -0.25) is 14.9 Å².